The fourth-order valence-electron chi connectivity index (χ4n) is 3.42. The Morgan fingerprint density at radius 1 is 1.23 bits per heavy atom. The molecule has 0 saturated heterocycles. The second-order valence-corrected chi connectivity index (χ2v) is 6.98. The molecule has 1 N–H and O–H groups in total. The molecule has 1 atom stereocenters. The van der Waals surface area contributed by atoms with Gasteiger partial charge in [0, 0.05) is 13.5 Å². The Balaban J connectivity index is 1.58. The van der Waals surface area contributed by atoms with Gasteiger partial charge in [-0.1, -0.05) is 24.3 Å². The topological polar surface area (TPSA) is 64.1 Å². The molecule has 0 fully saturated rings. The van der Waals surface area contributed by atoms with Crippen LogP contribution < -0.4 is 5.56 Å². The van der Waals surface area contributed by atoms with Gasteiger partial charge in [0.05, 0.1) is 16.5 Å². The van der Waals surface area contributed by atoms with Crippen molar-refractivity contribution in [1.29, 1.82) is 0 Å². The summed E-state index contributed by atoms with van der Waals surface area (Å²) in [7, 11) is 1.61. The van der Waals surface area contributed by atoms with Gasteiger partial charge in [0.1, 0.15) is 6.10 Å². The molecule has 0 bridgehead atoms. The molecule has 6 heteroatoms. The van der Waals surface area contributed by atoms with Gasteiger partial charge in [0.25, 0.3) is 5.56 Å². The summed E-state index contributed by atoms with van der Waals surface area (Å²) in [6.07, 6.45) is 2.34. The summed E-state index contributed by atoms with van der Waals surface area (Å²) in [5.41, 5.74) is 3.33. The number of hydrogen-bond acceptors (Lipinski definition) is 4. The molecular formula is C20H18N2O3S. The van der Waals surface area contributed by atoms with E-state index >= 15 is 0 Å². The summed E-state index contributed by atoms with van der Waals surface area (Å²) in [5.74, 6) is -0.378. The van der Waals surface area contributed by atoms with E-state index in [2.05, 4.69) is 17.1 Å². The first-order valence-corrected chi connectivity index (χ1v) is 8.94. The molecule has 1 heterocycles. The zero-order valence-electron chi connectivity index (χ0n) is 14.3. The van der Waals surface area contributed by atoms with Gasteiger partial charge in [0.2, 0.25) is 0 Å². The van der Waals surface area contributed by atoms with Crippen molar-refractivity contribution in [2.75, 3.05) is 0 Å². The molecular weight excluding hydrogens is 348 g/mol. The van der Waals surface area contributed by atoms with Crippen LogP contribution in [0.2, 0.25) is 0 Å². The van der Waals surface area contributed by atoms with Crippen molar-refractivity contribution in [1.82, 2.24) is 9.55 Å². The lowest BCUT2D eigenvalue weighted by Gasteiger charge is -2.24. The van der Waals surface area contributed by atoms with E-state index in [-0.39, 0.29) is 17.6 Å². The number of ether oxygens (including phenoxy) is 1. The van der Waals surface area contributed by atoms with E-state index in [9.17, 15) is 9.59 Å². The van der Waals surface area contributed by atoms with Crippen LogP contribution >= 0.6 is 12.2 Å². The number of hydrogen-bond donors (Lipinski definition) is 1. The number of rotatable bonds is 2. The SMILES string of the molecule is Cn1c(=S)[nH]c2cc(C(=O)OC3CCc4ccccc4C3)ccc2c1=O. The Labute approximate surface area is 155 Å². The number of carbonyl (C=O) groups is 1. The molecule has 26 heavy (non-hydrogen) atoms. The molecule has 5 nitrogen and oxygen atoms in total. The van der Waals surface area contributed by atoms with E-state index in [1.54, 1.807) is 25.2 Å². The van der Waals surface area contributed by atoms with Gasteiger partial charge in [-0.15, -0.1) is 0 Å². The fourth-order valence-corrected chi connectivity index (χ4v) is 3.61. The number of H-pyrrole nitrogens is 1. The first kappa shape index (κ1) is 16.7. The molecule has 1 aliphatic rings. The Bertz CT molecular complexity index is 1130. The summed E-state index contributed by atoms with van der Waals surface area (Å²) < 4.78 is 7.39. The molecule has 2 aromatic carbocycles. The predicted molar refractivity (Wildman–Crippen MR) is 102 cm³/mol. The third kappa shape index (κ3) is 2.97. The maximum Gasteiger partial charge on any atom is 0.338 e. The van der Waals surface area contributed by atoms with Gasteiger partial charge in [-0.2, -0.15) is 0 Å². The molecule has 1 aliphatic carbocycles. The first-order chi connectivity index (χ1) is 12.5. The van der Waals surface area contributed by atoms with Crippen LogP contribution in [0.15, 0.2) is 47.3 Å². The maximum atomic E-state index is 12.6. The number of aromatic nitrogens is 2. The number of aryl methyl sites for hydroxylation is 1. The van der Waals surface area contributed by atoms with Crippen molar-refractivity contribution in [3.63, 3.8) is 0 Å². The standard InChI is InChI=1S/C20H18N2O3S/c1-22-18(23)16-9-7-14(11-17(16)21-20(22)26)19(24)25-15-8-6-12-4-2-3-5-13(12)10-15/h2-5,7,9,11,15H,6,8,10H2,1H3,(H,21,26). The van der Waals surface area contributed by atoms with E-state index in [1.807, 2.05) is 12.1 Å². The number of fused-ring (bicyclic) bond motifs is 2. The zero-order chi connectivity index (χ0) is 18.3. The van der Waals surface area contributed by atoms with Crippen LogP contribution in [-0.2, 0) is 24.6 Å². The molecule has 3 aromatic rings. The van der Waals surface area contributed by atoms with E-state index in [0.29, 0.717) is 21.2 Å². The summed E-state index contributed by atoms with van der Waals surface area (Å²) in [6.45, 7) is 0. The van der Waals surface area contributed by atoms with Crippen LogP contribution in [0.3, 0.4) is 0 Å². The summed E-state index contributed by atoms with van der Waals surface area (Å²) in [4.78, 5) is 27.8. The molecule has 4 rings (SSSR count). The maximum absolute atomic E-state index is 12.6. The second-order valence-electron chi connectivity index (χ2n) is 6.59. The van der Waals surface area contributed by atoms with E-state index in [4.69, 9.17) is 17.0 Å². The van der Waals surface area contributed by atoms with E-state index in [1.165, 1.54) is 15.7 Å². The van der Waals surface area contributed by atoms with Crippen LogP contribution in [0.4, 0.5) is 0 Å². The van der Waals surface area contributed by atoms with E-state index in [0.717, 1.165) is 19.3 Å². The fraction of sp³-hybridized carbons (Fsp3) is 0.250. The molecule has 0 spiro atoms. The summed E-state index contributed by atoms with van der Waals surface area (Å²) >= 11 is 5.14. The predicted octanol–water partition coefficient (Wildman–Crippen LogP) is 3.31. The summed E-state index contributed by atoms with van der Waals surface area (Å²) in [6, 6.07) is 13.1. The third-order valence-corrected chi connectivity index (χ3v) is 5.29. The highest BCUT2D eigenvalue weighted by Crippen LogP contribution is 2.24. The van der Waals surface area contributed by atoms with Crippen LogP contribution in [0.1, 0.15) is 27.9 Å². The second kappa shape index (κ2) is 6.53. The molecule has 132 valence electrons. The zero-order valence-corrected chi connectivity index (χ0v) is 15.1. The number of benzene rings is 2. The normalized spacial score (nSPS) is 16.3. The van der Waals surface area contributed by atoms with Crippen molar-refractivity contribution in [3.05, 3.63) is 74.3 Å². The Kier molecular flexibility index (Phi) is 4.20. The smallest absolute Gasteiger partial charge is 0.338 e. The van der Waals surface area contributed by atoms with Gasteiger partial charge < -0.3 is 9.72 Å². The van der Waals surface area contributed by atoms with Crippen LogP contribution in [0.25, 0.3) is 10.9 Å². The highest BCUT2D eigenvalue weighted by molar-refractivity contribution is 7.71. The van der Waals surface area contributed by atoms with Crippen LogP contribution in [0.5, 0.6) is 0 Å². The monoisotopic (exact) mass is 366 g/mol. The minimum absolute atomic E-state index is 0.129. The van der Waals surface area contributed by atoms with Crippen LogP contribution in [-0.4, -0.2) is 21.6 Å². The number of nitrogens with zero attached hydrogens (tertiary/aromatic N) is 1. The molecule has 1 aromatic heterocycles. The molecule has 0 aliphatic heterocycles. The highest BCUT2D eigenvalue weighted by Gasteiger charge is 2.22. The highest BCUT2D eigenvalue weighted by atomic mass is 32.1. The molecule has 1 unspecified atom stereocenters. The Morgan fingerprint density at radius 2 is 2.00 bits per heavy atom. The Morgan fingerprint density at radius 3 is 2.81 bits per heavy atom. The van der Waals surface area contributed by atoms with Gasteiger partial charge >= 0.3 is 5.97 Å². The lowest BCUT2D eigenvalue weighted by molar-refractivity contribution is 0.0271. The molecule has 0 amide bonds. The molecule has 0 radical (unpaired) electrons. The lowest BCUT2D eigenvalue weighted by atomic mass is 9.90. The Hall–Kier alpha value is -2.73. The van der Waals surface area contributed by atoms with Gasteiger partial charge in [-0.05, 0) is 54.4 Å². The van der Waals surface area contributed by atoms with Crippen molar-refractivity contribution >= 4 is 29.1 Å². The van der Waals surface area contributed by atoms with Crippen molar-refractivity contribution in [2.24, 2.45) is 7.05 Å². The van der Waals surface area contributed by atoms with Crippen molar-refractivity contribution in [3.8, 4) is 0 Å². The first-order valence-electron chi connectivity index (χ1n) is 8.54. The lowest BCUT2D eigenvalue weighted by Crippen LogP contribution is -2.25. The largest absolute Gasteiger partial charge is 0.458 e. The minimum Gasteiger partial charge on any atom is -0.458 e. The van der Waals surface area contributed by atoms with E-state index < -0.39 is 0 Å². The quantitative estimate of drug-likeness (QED) is 0.558. The number of esters is 1. The van der Waals surface area contributed by atoms with Gasteiger partial charge in [0.15, 0.2) is 4.77 Å². The van der Waals surface area contributed by atoms with Crippen molar-refractivity contribution in [2.45, 2.75) is 25.4 Å². The molecule has 0 saturated carbocycles. The van der Waals surface area contributed by atoms with Crippen LogP contribution in [0, 0.1) is 4.77 Å². The van der Waals surface area contributed by atoms with Gasteiger partial charge in [-0.3, -0.25) is 9.36 Å². The third-order valence-electron chi connectivity index (χ3n) is 4.91. The number of aromatic amines is 1. The number of nitrogens with one attached hydrogen (secondary N) is 1. The minimum atomic E-state index is -0.378. The number of carbonyl (C=O) groups excluding carboxylic acids is 1. The van der Waals surface area contributed by atoms with Gasteiger partial charge in [-0.25, -0.2) is 4.79 Å². The average Bonchev–Trinajstić information content (AvgIpc) is 2.65. The van der Waals surface area contributed by atoms with Crippen molar-refractivity contribution < 1.29 is 9.53 Å². The summed E-state index contributed by atoms with van der Waals surface area (Å²) in [5, 5.41) is 0.490. The average molecular weight is 366 g/mol.